The number of hydrogen-bond donors (Lipinski definition) is 1. The molecule has 1 aromatic rings. The van der Waals surface area contributed by atoms with Gasteiger partial charge in [-0.25, -0.2) is 4.39 Å². The van der Waals surface area contributed by atoms with Gasteiger partial charge in [-0.15, -0.1) is 0 Å². The zero-order chi connectivity index (χ0) is 13.9. The van der Waals surface area contributed by atoms with E-state index in [1.807, 2.05) is 6.92 Å². The molecule has 0 radical (unpaired) electrons. The Balaban J connectivity index is 1.76. The minimum absolute atomic E-state index is 0.0603. The van der Waals surface area contributed by atoms with E-state index in [1.165, 1.54) is 12.1 Å². The van der Waals surface area contributed by atoms with Crippen LogP contribution in [0.2, 0.25) is 0 Å². The lowest BCUT2D eigenvalue weighted by molar-refractivity contribution is -0.156. The summed E-state index contributed by atoms with van der Waals surface area (Å²) in [7, 11) is 0. The quantitative estimate of drug-likeness (QED) is 0.886. The van der Waals surface area contributed by atoms with Gasteiger partial charge < -0.3 is 10.0 Å². The first kappa shape index (κ1) is 14.0. The Hall–Kier alpha value is -1.42. The average Bonchev–Trinajstić information content (AvgIpc) is 2.35. The van der Waals surface area contributed by atoms with Gasteiger partial charge in [0, 0.05) is 6.42 Å². The fourth-order valence-electron chi connectivity index (χ4n) is 2.52. The number of carbonyl (C=O) groups excluding carboxylic acids is 1. The van der Waals surface area contributed by atoms with E-state index in [0.29, 0.717) is 25.9 Å². The van der Waals surface area contributed by atoms with Crippen molar-refractivity contribution in [3.63, 3.8) is 0 Å². The molecule has 2 rings (SSSR count). The summed E-state index contributed by atoms with van der Waals surface area (Å²) in [6, 6.07) is 6.21. The minimum atomic E-state index is -0.666. The minimum Gasteiger partial charge on any atom is -0.386 e. The van der Waals surface area contributed by atoms with Crippen LogP contribution in [-0.4, -0.2) is 34.6 Å². The van der Waals surface area contributed by atoms with Crippen molar-refractivity contribution in [2.45, 2.75) is 38.2 Å². The Bertz CT molecular complexity index is 438. The lowest BCUT2D eigenvalue weighted by atomic mass is 9.89. The van der Waals surface area contributed by atoms with E-state index in [-0.39, 0.29) is 11.7 Å². The van der Waals surface area contributed by atoms with Crippen LogP contribution in [0.4, 0.5) is 4.39 Å². The molecule has 4 heteroatoms. The summed E-state index contributed by atoms with van der Waals surface area (Å²) in [5, 5.41) is 10.0. The average molecular weight is 265 g/mol. The highest BCUT2D eigenvalue weighted by Gasteiger charge is 2.42. The van der Waals surface area contributed by atoms with Crippen LogP contribution in [0.1, 0.15) is 31.7 Å². The van der Waals surface area contributed by atoms with Crippen molar-refractivity contribution in [2.75, 3.05) is 13.1 Å². The first-order valence-corrected chi connectivity index (χ1v) is 6.77. The molecule has 104 valence electrons. The number of halogens is 1. The molecule has 1 aliphatic heterocycles. The van der Waals surface area contributed by atoms with E-state index in [0.717, 1.165) is 18.4 Å². The number of rotatable bonds is 5. The maximum absolute atomic E-state index is 12.7. The number of amides is 1. The Morgan fingerprint density at radius 2 is 2.00 bits per heavy atom. The van der Waals surface area contributed by atoms with Crippen LogP contribution in [-0.2, 0) is 11.2 Å². The Morgan fingerprint density at radius 1 is 1.37 bits per heavy atom. The van der Waals surface area contributed by atoms with Gasteiger partial charge in [0.15, 0.2) is 0 Å². The lowest BCUT2D eigenvalue weighted by Gasteiger charge is -2.46. The summed E-state index contributed by atoms with van der Waals surface area (Å²) in [6.07, 6.45) is 2.69. The molecule has 19 heavy (non-hydrogen) atoms. The molecular weight excluding hydrogens is 245 g/mol. The molecular formula is C15H20FNO2. The molecule has 1 aliphatic rings. The van der Waals surface area contributed by atoms with Crippen molar-refractivity contribution < 1.29 is 14.3 Å². The molecule has 0 unspecified atom stereocenters. The Labute approximate surface area is 113 Å². The molecule has 1 fully saturated rings. The van der Waals surface area contributed by atoms with Crippen molar-refractivity contribution in [1.29, 1.82) is 0 Å². The summed E-state index contributed by atoms with van der Waals surface area (Å²) >= 11 is 0. The SMILES string of the molecule is CCCC1(O)CN(C(=O)CCc2ccc(F)cc2)C1. The first-order chi connectivity index (χ1) is 9.02. The van der Waals surface area contributed by atoms with Gasteiger partial charge in [0.2, 0.25) is 5.91 Å². The number of hydrogen-bond acceptors (Lipinski definition) is 2. The number of likely N-dealkylation sites (tertiary alicyclic amines) is 1. The van der Waals surface area contributed by atoms with E-state index in [1.54, 1.807) is 17.0 Å². The van der Waals surface area contributed by atoms with Gasteiger partial charge in [-0.05, 0) is 30.5 Å². The molecule has 0 aliphatic carbocycles. The van der Waals surface area contributed by atoms with Crippen molar-refractivity contribution in [3.05, 3.63) is 35.6 Å². The second kappa shape index (κ2) is 5.70. The maximum atomic E-state index is 12.7. The molecule has 1 heterocycles. The number of β-amino-alcohol motifs (C(OH)–C–C–N with tert-alkyl or cyclic N) is 1. The summed E-state index contributed by atoms with van der Waals surface area (Å²) in [5.41, 5.74) is 0.291. The summed E-state index contributed by atoms with van der Waals surface area (Å²) in [6.45, 7) is 2.92. The fraction of sp³-hybridized carbons (Fsp3) is 0.533. The van der Waals surface area contributed by atoms with Crippen molar-refractivity contribution in [1.82, 2.24) is 4.90 Å². The second-order valence-corrected chi connectivity index (χ2v) is 5.35. The van der Waals surface area contributed by atoms with E-state index in [4.69, 9.17) is 0 Å². The van der Waals surface area contributed by atoms with Gasteiger partial charge in [0.05, 0.1) is 18.7 Å². The second-order valence-electron chi connectivity index (χ2n) is 5.35. The largest absolute Gasteiger partial charge is 0.386 e. The third-order valence-corrected chi connectivity index (χ3v) is 3.58. The van der Waals surface area contributed by atoms with Crippen LogP contribution >= 0.6 is 0 Å². The van der Waals surface area contributed by atoms with Crippen molar-refractivity contribution in [2.24, 2.45) is 0 Å². The number of carbonyl (C=O) groups is 1. The number of aryl methyl sites for hydroxylation is 1. The van der Waals surface area contributed by atoms with E-state index in [9.17, 15) is 14.3 Å². The topological polar surface area (TPSA) is 40.5 Å². The highest BCUT2D eigenvalue weighted by atomic mass is 19.1. The van der Waals surface area contributed by atoms with Crippen molar-refractivity contribution in [3.8, 4) is 0 Å². The van der Waals surface area contributed by atoms with Gasteiger partial charge in [-0.2, -0.15) is 0 Å². The van der Waals surface area contributed by atoms with Gasteiger partial charge >= 0.3 is 0 Å². The molecule has 3 nitrogen and oxygen atoms in total. The van der Waals surface area contributed by atoms with E-state index < -0.39 is 5.60 Å². The van der Waals surface area contributed by atoms with Crippen LogP contribution in [0.25, 0.3) is 0 Å². The summed E-state index contributed by atoms with van der Waals surface area (Å²) in [4.78, 5) is 13.6. The zero-order valence-corrected chi connectivity index (χ0v) is 11.2. The first-order valence-electron chi connectivity index (χ1n) is 6.77. The van der Waals surface area contributed by atoms with Crippen LogP contribution in [0.3, 0.4) is 0 Å². The number of aliphatic hydroxyl groups is 1. The van der Waals surface area contributed by atoms with Crippen LogP contribution in [0.15, 0.2) is 24.3 Å². The van der Waals surface area contributed by atoms with Crippen molar-refractivity contribution >= 4 is 5.91 Å². The molecule has 1 amide bonds. The highest BCUT2D eigenvalue weighted by molar-refractivity contribution is 5.77. The molecule has 1 aromatic carbocycles. The summed E-state index contributed by atoms with van der Waals surface area (Å²) in [5.74, 6) is -0.201. The number of nitrogens with zero attached hydrogens (tertiary/aromatic N) is 1. The highest BCUT2D eigenvalue weighted by Crippen LogP contribution is 2.26. The molecule has 0 saturated carbocycles. The Kier molecular flexibility index (Phi) is 4.20. The predicted octanol–water partition coefficient (Wildman–Crippen LogP) is 2.13. The molecule has 0 atom stereocenters. The number of benzene rings is 1. The van der Waals surface area contributed by atoms with Gasteiger partial charge in [-0.1, -0.05) is 25.5 Å². The lowest BCUT2D eigenvalue weighted by Crippen LogP contribution is -2.63. The van der Waals surface area contributed by atoms with E-state index >= 15 is 0 Å². The molecule has 0 bridgehead atoms. The summed E-state index contributed by atoms with van der Waals surface area (Å²) < 4.78 is 12.7. The third-order valence-electron chi connectivity index (χ3n) is 3.58. The Morgan fingerprint density at radius 3 is 2.58 bits per heavy atom. The normalized spacial score (nSPS) is 17.1. The molecule has 1 saturated heterocycles. The maximum Gasteiger partial charge on any atom is 0.223 e. The third kappa shape index (κ3) is 3.53. The fourth-order valence-corrected chi connectivity index (χ4v) is 2.52. The van der Waals surface area contributed by atoms with Gasteiger partial charge in [-0.3, -0.25) is 4.79 Å². The predicted molar refractivity (Wildman–Crippen MR) is 71.2 cm³/mol. The zero-order valence-electron chi connectivity index (χ0n) is 11.2. The monoisotopic (exact) mass is 265 g/mol. The van der Waals surface area contributed by atoms with Crippen LogP contribution in [0, 0.1) is 5.82 Å². The molecule has 0 aromatic heterocycles. The standard InChI is InChI=1S/C15H20FNO2/c1-2-9-15(19)10-17(11-15)14(18)8-5-12-3-6-13(16)7-4-12/h3-4,6-7,19H,2,5,8-11H2,1H3. The molecule has 1 N–H and O–H groups in total. The van der Waals surface area contributed by atoms with Gasteiger partial charge in [0.25, 0.3) is 0 Å². The van der Waals surface area contributed by atoms with E-state index in [2.05, 4.69) is 0 Å². The molecule has 0 spiro atoms. The van der Waals surface area contributed by atoms with Crippen LogP contribution < -0.4 is 0 Å². The van der Waals surface area contributed by atoms with Crippen LogP contribution in [0.5, 0.6) is 0 Å². The smallest absolute Gasteiger partial charge is 0.223 e. The van der Waals surface area contributed by atoms with Gasteiger partial charge in [0.1, 0.15) is 5.82 Å².